The van der Waals surface area contributed by atoms with Crippen molar-refractivity contribution in [3.63, 3.8) is 0 Å². The van der Waals surface area contributed by atoms with Gasteiger partial charge in [-0.15, -0.1) is 0 Å². The van der Waals surface area contributed by atoms with E-state index in [1.165, 1.54) is 195 Å². The van der Waals surface area contributed by atoms with Crippen LogP contribution in [0.4, 0.5) is 0 Å². The maximum absolute atomic E-state index is 10.4. The van der Waals surface area contributed by atoms with Crippen molar-refractivity contribution in [1.29, 1.82) is 0 Å². The van der Waals surface area contributed by atoms with Crippen LogP contribution in [0.2, 0.25) is 0 Å². The minimum atomic E-state index is 0.347. The van der Waals surface area contributed by atoms with E-state index in [2.05, 4.69) is 87.5 Å². The van der Waals surface area contributed by atoms with Crippen LogP contribution < -0.4 is 0 Å². The molecule has 0 bridgehead atoms. The Morgan fingerprint density at radius 3 is 1.07 bits per heavy atom. The summed E-state index contributed by atoms with van der Waals surface area (Å²) in [5, 5.41) is 20.0. The summed E-state index contributed by atoms with van der Waals surface area (Å²) in [7, 11) is 0. The first-order valence-electron chi connectivity index (χ1n) is 24.2. The molecule has 0 aliphatic heterocycles. The maximum Gasteiger partial charge on any atom is 0.119 e. The van der Waals surface area contributed by atoms with Crippen LogP contribution in [0.5, 0.6) is 11.5 Å². The summed E-state index contributed by atoms with van der Waals surface area (Å²) in [4.78, 5) is 0. The van der Waals surface area contributed by atoms with E-state index in [0.717, 1.165) is 30.4 Å². The molecule has 2 nitrogen and oxygen atoms in total. The molecule has 4 rings (SSSR count). The molecular formula is C56H84O2. The Hall–Kier alpha value is -3.52. The predicted molar refractivity (Wildman–Crippen MR) is 254 cm³/mol. The number of benzene rings is 4. The van der Waals surface area contributed by atoms with Gasteiger partial charge in [0.15, 0.2) is 0 Å². The highest BCUT2D eigenvalue weighted by atomic mass is 16.3. The third-order valence-electron chi connectivity index (χ3n) is 11.9. The van der Waals surface area contributed by atoms with Crippen LogP contribution in [0.3, 0.4) is 0 Å². The van der Waals surface area contributed by atoms with Gasteiger partial charge in [0.2, 0.25) is 0 Å². The van der Waals surface area contributed by atoms with Gasteiger partial charge in [0.05, 0.1) is 0 Å². The minimum absolute atomic E-state index is 0.347. The topological polar surface area (TPSA) is 40.5 Å². The van der Waals surface area contributed by atoms with Gasteiger partial charge in [-0.3, -0.25) is 0 Å². The minimum Gasteiger partial charge on any atom is -0.508 e. The van der Waals surface area contributed by atoms with Gasteiger partial charge in [-0.05, 0) is 109 Å². The first-order chi connectivity index (χ1) is 28.5. The van der Waals surface area contributed by atoms with Gasteiger partial charge >= 0.3 is 0 Å². The summed E-state index contributed by atoms with van der Waals surface area (Å²) in [6, 6.07) is 31.9. The molecule has 320 valence electrons. The Bertz CT molecular complexity index is 1550. The summed E-state index contributed by atoms with van der Waals surface area (Å²) in [5.41, 5.74) is 8.99. The fraction of sp³-hybridized carbons (Fsp3) is 0.571. The average molecular weight is 789 g/mol. The molecule has 0 aliphatic carbocycles. The molecule has 0 fully saturated rings. The number of hydrogen-bond acceptors (Lipinski definition) is 2. The summed E-state index contributed by atoms with van der Waals surface area (Å²) in [5.74, 6) is 0.816. The van der Waals surface area contributed by atoms with Crippen LogP contribution in [0.25, 0.3) is 0 Å². The van der Waals surface area contributed by atoms with E-state index in [1.807, 2.05) is 18.2 Å². The molecule has 2 heteroatoms. The Labute approximate surface area is 357 Å². The van der Waals surface area contributed by atoms with Crippen LogP contribution in [0.15, 0.2) is 91.0 Å². The lowest BCUT2D eigenvalue weighted by Crippen LogP contribution is -1.93. The van der Waals surface area contributed by atoms with Gasteiger partial charge in [-0.2, -0.15) is 0 Å². The molecule has 0 radical (unpaired) electrons. The third kappa shape index (κ3) is 23.2. The van der Waals surface area contributed by atoms with Gasteiger partial charge in [-0.1, -0.05) is 228 Å². The van der Waals surface area contributed by atoms with Crippen LogP contribution in [0, 0.1) is 0 Å². The number of phenolic OH excluding ortho intramolecular Hbond substituents is 2. The van der Waals surface area contributed by atoms with Crippen molar-refractivity contribution < 1.29 is 10.2 Å². The van der Waals surface area contributed by atoms with Gasteiger partial charge in [-0.25, -0.2) is 0 Å². The van der Waals surface area contributed by atoms with E-state index in [9.17, 15) is 10.2 Å². The van der Waals surface area contributed by atoms with E-state index in [1.54, 1.807) is 6.07 Å². The first kappa shape index (κ1) is 48.8. The Kier molecular flexibility index (Phi) is 27.2. The SMILES string of the molecule is CCCCCCCCCCCCc1ccc(Cc2ccc(CCCCCC)c(O)c2)cc1.CCCCCCCCCCCCc1ccc(Cc2cccc(O)c2)cc1. The highest BCUT2D eigenvalue weighted by Gasteiger charge is 2.05. The Morgan fingerprint density at radius 1 is 0.310 bits per heavy atom. The van der Waals surface area contributed by atoms with E-state index in [4.69, 9.17) is 0 Å². The summed E-state index contributed by atoms with van der Waals surface area (Å²) < 4.78 is 0. The van der Waals surface area contributed by atoms with E-state index >= 15 is 0 Å². The fourth-order valence-corrected chi connectivity index (χ4v) is 8.09. The lowest BCUT2D eigenvalue weighted by molar-refractivity contribution is 0.465. The summed E-state index contributed by atoms with van der Waals surface area (Å²) in [6.45, 7) is 6.80. The third-order valence-corrected chi connectivity index (χ3v) is 11.9. The molecule has 0 saturated carbocycles. The molecule has 0 spiro atoms. The molecule has 0 aliphatic rings. The molecule has 0 unspecified atom stereocenters. The van der Waals surface area contributed by atoms with E-state index < -0.39 is 0 Å². The standard InChI is InChI=1S/C31H48O.C25H36O/c1-3-5-7-9-10-11-12-13-14-15-17-27-19-21-28(22-20-27)25-29-23-24-30(31(32)26-29)18-16-8-6-4-2;1-2-3-4-5-6-7-8-9-10-11-13-22-16-18-23(19-17-22)20-24-14-12-15-25(26)21-24/h19-24,26,32H,3-18,25H2,1-2H3;12,14-19,21,26H,2-11,13,20H2,1H3. The number of aryl methyl sites for hydroxylation is 3. The van der Waals surface area contributed by atoms with Gasteiger partial charge in [0.1, 0.15) is 11.5 Å². The zero-order valence-electron chi connectivity index (χ0n) is 37.6. The summed E-state index contributed by atoms with van der Waals surface area (Å²) in [6.07, 6.45) is 38.0. The molecular weight excluding hydrogens is 705 g/mol. The number of aromatic hydroxyl groups is 2. The van der Waals surface area contributed by atoms with Crippen LogP contribution >= 0.6 is 0 Å². The molecule has 4 aromatic carbocycles. The van der Waals surface area contributed by atoms with Crippen molar-refractivity contribution in [3.8, 4) is 11.5 Å². The monoisotopic (exact) mass is 789 g/mol. The largest absolute Gasteiger partial charge is 0.508 e. The lowest BCUT2D eigenvalue weighted by atomic mass is 9.98. The maximum atomic E-state index is 10.4. The average Bonchev–Trinajstić information content (AvgIpc) is 3.23. The quantitative estimate of drug-likeness (QED) is 0.0499. The highest BCUT2D eigenvalue weighted by Crippen LogP contribution is 2.24. The van der Waals surface area contributed by atoms with Crippen molar-refractivity contribution >= 4 is 0 Å². The van der Waals surface area contributed by atoms with Crippen LogP contribution in [0.1, 0.15) is 214 Å². The van der Waals surface area contributed by atoms with Crippen molar-refractivity contribution in [3.05, 3.63) is 130 Å². The number of phenols is 2. The zero-order chi connectivity index (χ0) is 41.3. The smallest absolute Gasteiger partial charge is 0.119 e. The number of hydrogen-bond donors (Lipinski definition) is 2. The molecule has 0 amide bonds. The van der Waals surface area contributed by atoms with Crippen molar-refractivity contribution in [2.45, 2.75) is 207 Å². The number of rotatable bonds is 31. The molecule has 58 heavy (non-hydrogen) atoms. The second kappa shape index (κ2) is 32.3. The first-order valence-corrected chi connectivity index (χ1v) is 24.2. The highest BCUT2D eigenvalue weighted by molar-refractivity contribution is 5.39. The molecule has 0 aromatic heterocycles. The molecule has 0 saturated heterocycles. The normalized spacial score (nSPS) is 11.1. The van der Waals surface area contributed by atoms with Gasteiger partial charge in [0, 0.05) is 0 Å². The summed E-state index contributed by atoms with van der Waals surface area (Å²) >= 11 is 0. The van der Waals surface area contributed by atoms with Crippen molar-refractivity contribution in [2.24, 2.45) is 0 Å². The molecule has 4 aromatic rings. The lowest BCUT2D eigenvalue weighted by Gasteiger charge is -2.09. The fourth-order valence-electron chi connectivity index (χ4n) is 8.09. The molecule has 2 N–H and O–H groups in total. The van der Waals surface area contributed by atoms with Crippen molar-refractivity contribution in [1.82, 2.24) is 0 Å². The van der Waals surface area contributed by atoms with Crippen LogP contribution in [-0.4, -0.2) is 10.2 Å². The van der Waals surface area contributed by atoms with Gasteiger partial charge < -0.3 is 10.2 Å². The van der Waals surface area contributed by atoms with Crippen molar-refractivity contribution in [2.75, 3.05) is 0 Å². The van der Waals surface area contributed by atoms with E-state index in [-0.39, 0.29) is 0 Å². The van der Waals surface area contributed by atoms with E-state index in [0.29, 0.717) is 11.5 Å². The predicted octanol–water partition coefficient (Wildman–Crippen LogP) is 17.0. The second-order valence-electron chi connectivity index (χ2n) is 17.3. The molecule has 0 atom stereocenters. The molecule has 0 heterocycles. The van der Waals surface area contributed by atoms with Crippen LogP contribution in [-0.2, 0) is 32.1 Å². The van der Waals surface area contributed by atoms with Gasteiger partial charge in [0.25, 0.3) is 0 Å². The number of unbranched alkanes of at least 4 members (excludes halogenated alkanes) is 21. The Morgan fingerprint density at radius 2 is 0.655 bits per heavy atom. The second-order valence-corrected chi connectivity index (χ2v) is 17.3. The Balaban J connectivity index is 0.000000317. The zero-order valence-corrected chi connectivity index (χ0v) is 37.6.